The van der Waals surface area contributed by atoms with Crippen molar-refractivity contribution >= 4 is 40.0 Å². The molecule has 1 aliphatic rings. The Balaban J connectivity index is 1.71. The summed E-state index contributed by atoms with van der Waals surface area (Å²) in [5.74, 6) is -0.650. The van der Waals surface area contributed by atoms with Crippen molar-refractivity contribution in [2.24, 2.45) is 16.6 Å². The van der Waals surface area contributed by atoms with E-state index >= 15 is 0 Å². The van der Waals surface area contributed by atoms with Crippen LogP contribution < -0.4 is 31.7 Å². The summed E-state index contributed by atoms with van der Waals surface area (Å²) >= 11 is 0. The number of hydrogen-bond donors (Lipinski definition) is 4. The zero-order valence-corrected chi connectivity index (χ0v) is 24.9. The lowest BCUT2D eigenvalue weighted by Gasteiger charge is -2.26. The minimum absolute atomic E-state index is 0.102. The maximum absolute atomic E-state index is 13.9. The molecule has 12 heteroatoms. The summed E-state index contributed by atoms with van der Waals surface area (Å²) in [6.07, 6.45) is 0. The first-order chi connectivity index (χ1) is 20.5. The van der Waals surface area contributed by atoms with E-state index in [2.05, 4.69) is 20.7 Å². The number of carbonyl (C=O) groups excluding carboxylic acids is 3. The third-order valence-electron chi connectivity index (χ3n) is 7.07. The number of ether oxygens (including phenoxy) is 3. The number of methoxy groups -OCH3 is 1. The molecule has 0 unspecified atom stereocenters. The molecule has 43 heavy (non-hydrogen) atoms. The van der Waals surface area contributed by atoms with Gasteiger partial charge in [0.05, 0.1) is 31.6 Å². The molecule has 3 aromatic rings. The maximum atomic E-state index is 13.9. The van der Waals surface area contributed by atoms with Crippen LogP contribution in [0.15, 0.2) is 53.6 Å². The van der Waals surface area contributed by atoms with Crippen LogP contribution >= 0.6 is 0 Å². The fourth-order valence-corrected chi connectivity index (χ4v) is 4.80. The molecule has 4 amide bonds. The van der Waals surface area contributed by atoms with Crippen LogP contribution in [0.3, 0.4) is 0 Å². The van der Waals surface area contributed by atoms with Gasteiger partial charge in [-0.15, -0.1) is 0 Å². The van der Waals surface area contributed by atoms with Crippen LogP contribution in [0.25, 0.3) is 10.8 Å². The van der Waals surface area contributed by atoms with Crippen molar-refractivity contribution < 1.29 is 28.6 Å². The van der Waals surface area contributed by atoms with Gasteiger partial charge in [-0.25, -0.2) is 10.2 Å². The number of nitrogens with one attached hydrogen (secondary N) is 2. The molecule has 4 rings (SSSR count). The van der Waals surface area contributed by atoms with E-state index in [0.29, 0.717) is 36.5 Å². The van der Waals surface area contributed by atoms with E-state index < -0.39 is 17.8 Å². The number of hydrogen-bond acceptors (Lipinski definition) is 8. The van der Waals surface area contributed by atoms with Gasteiger partial charge in [-0.1, -0.05) is 45.0 Å². The Kier molecular flexibility index (Phi) is 9.84. The van der Waals surface area contributed by atoms with E-state index in [-0.39, 0.29) is 28.1 Å². The molecule has 1 fully saturated rings. The lowest BCUT2D eigenvalue weighted by molar-refractivity contribution is -0.110. The molecule has 0 bridgehead atoms. The van der Waals surface area contributed by atoms with Crippen molar-refractivity contribution in [2.45, 2.75) is 26.2 Å². The number of nitrogens with two attached hydrogens (primary N) is 2. The molecular formula is C31H38N6O6. The van der Waals surface area contributed by atoms with Gasteiger partial charge in [-0.3, -0.25) is 14.5 Å². The second-order valence-electron chi connectivity index (χ2n) is 11.1. The number of fused-ring (bicyclic) bond motifs is 1. The molecule has 0 aromatic heterocycles. The van der Waals surface area contributed by atoms with E-state index in [4.69, 9.17) is 25.7 Å². The Bertz CT molecular complexity index is 1540. The van der Waals surface area contributed by atoms with Gasteiger partial charge >= 0.3 is 6.03 Å². The van der Waals surface area contributed by atoms with E-state index in [1.54, 1.807) is 24.3 Å². The van der Waals surface area contributed by atoms with Crippen molar-refractivity contribution in [3.63, 3.8) is 0 Å². The summed E-state index contributed by atoms with van der Waals surface area (Å²) in [5, 5.41) is 8.29. The van der Waals surface area contributed by atoms with E-state index in [1.165, 1.54) is 7.11 Å². The summed E-state index contributed by atoms with van der Waals surface area (Å²) < 4.78 is 17.0. The first-order valence-electron chi connectivity index (χ1n) is 13.9. The van der Waals surface area contributed by atoms with Crippen molar-refractivity contribution in [1.29, 1.82) is 0 Å². The predicted molar refractivity (Wildman–Crippen MR) is 165 cm³/mol. The van der Waals surface area contributed by atoms with Crippen LogP contribution in [0, 0.1) is 0 Å². The summed E-state index contributed by atoms with van der Waals surface area (Å²) in [4.78, 5) is 40.1. The number of anilines is 1. The molecule has 228 valence electrons. The average Bonchev–Trinajstić information content (AvgIpc) is 2.97. The molecule has 12 nitrogen and oxygen atoms in total. The van der Waals surface area contributed by atoms with E-state index in [0.717, 1.165) is 30.6 Å². The summed E-state index contributed by atoms with van der Waals surface area (Å²) in [6, 6.07) is 13.3. The largest absolute Gasteiger partial charge is 0.494 e. The second kappa shape index (κ2) is 13.5. The number of benzene rings is 3. The molecule has 1 aliphatic heterocycles. The molecule has 0 aliphatic carbocycles. The van der Waals surface area contributed by atoms with Crippen LogP contribution in [0.5, 0.6) is 11.5 Å². The summed E-state index contributed by atoms with van der Waals surface area (Å²) in [6.45, 7) is 10.2. The Morgan fingerprint density at radius 1 is 1.00 bits per heavy atom. The van der Waals surface area contributed by atoms with Crippen molar-refractivity contribution in [3.8, 4) is 11.5 Å². The van der Waals surface area contributed by atoms with Gasteiger partial charge in [-0.05, 0) is 40.6 Å². The lowest BCUT2D eigenvalue weighted by Crippen LogP contribution is -2.38. The molecular weight excluding hydrogens is 552 g/mol. The quantitative estimate of drug-likeness (QED) is 0.208. The van der Waals surface area contributed by atoms with Crippen molar-refractivity contribution in [1.82, 2.24) is 10.3 Å². The SMILES string of the molecule is COc1c(NC(=O)C(=NNC(N)=O)c2ccc(OCCN3CCOCC3)c3ccccc23)cc(C(C)(C)C)cc1C(N)=O. The van der Waals surface area contributed by atoms with Crippen LogP contribution in [0.1, 0.15) is 42.3 Å². The number of primary amides is 2. The maximum Gasteiger partial charge on any atom is 0.332 e. The molecule has 0 atom stereocenters. The highest BCUT2D eigenvalue weighted by Crippen LogP contribution is 2.36. The molecule has 6 N–H and O–H groups in total. The topological polar surface area (TPSA) is 171 Å². The molecule has 1 saturated heterocycles. The third kappa shape index (κ3) is 7.59. The minimum Gasteiger partial charge on any atom is -0.494 e. The van der Waals surface area contributed by atoms with Gasteiger partial charge in [0.1, 0.15) is 12.4 Å². The first-order valence-corrected chi connectivity index (χ1v) is 13.9. The van der Waals surface area contributed by atoms with Gasteiger partial charge in [0.15, 0.2) is 11.5 Å². The smallest absolute Gasteiger partial charge is 0.332 e. The number of nitrogens with zero attached hydrogens (tertiary/aromatic N) is 2. The highest BCUT2D eigenvalue weighted by Gasteiger charge is 2.25. The van der Waals surface area contributed by atoms with Crippen LogP contribution in [0.2, 0.25) is 0 Å². The number of carbonyl (C=O) groups is 3. The number of rotatable bonds is 10. The van der Waals surface area contributed by atoms with Gasteiger partial charge in [0.25, 0.3) is 11.8 Å². The Labute approximate surface area is 250 Å². The second-order valence-corrected chi connectivity index (χ2v) is 11.1. The number of hydrazone groups is 1. The zero-order valence-electron chi connectivity index (χ0n) is 24.9. The average molecular weight is 591 g/mol. The Morgan fingerprint density at radius 2 is 1.70 bits per heavy atom. The van der Waals surface area contributed by atoms with E-state index in [1.807, 2.05) is 45.0 Å². The zero-order chi connectivity index (χ0) is 31.1. The summed E-state index contributed by atoms with van der Waals surface area (Å²) in [7, 11) is 1.38. The van der Waals surface area contributed by atoms with Crippen LogP contribution in [-0.4, -0.2) is 75.0 Å². The normalized spacial score (nSPS) is 14.3. The highest BCUT2D eigenvalue weighted by molar-refractivity contribution is 6.50. The molecule has 0 saturated carbocycles. The fraction of sp³-hybridized carbons (Fsp3) is 0.355. The standard InChI is InChI=1S/C31H38N6O6/c1-31(2,3)19-17-23(28(32)38)27(41-4)24(18-19)34-29(39)26(35-36-30(33)40)22-9-10-25(21-8-6-5-7-20(21)22)43-16-13-37-11-14-42-15-12-37/h5-10,17-18H,11-16H2,1-4H3,(H2,32,38)(H,34,39)(H3,33,36,40). The lowest BCUT2D eigenvalue weighted by atomic mass is 9.85. The van der Waals surface area contributed by atoms with E-state index in [9.17, 15) is 14.4 Å². The molecule has 1 heterocycles. The fourth-order valence-electron chi connectivity index (χ4n) is 4.80. The highest BCUT2D eigenvalue weighted by atomic mass is 16.5. The number of morpholine rings is 1. The van der Waals surface area contributed by atoms with Gasteiger partial charge in [-0.2, -0.15) is 5.10 Å². The molecule has 3 aromatic carbocycles. The minimum atomic E-state index is -0.944. The monoisotopic (exact) mass is 590 g/mol. The first kappa shape index (κ1) is 31.3. The molecule has 0 spiro atoms. The van der Waals surface area contributed by atoms with Crippen molar-refractivity contribution in [2.75, 3.05) is 51.9 Å². The predicted octanol–water partition coefficient (Wildman–Crippen LogP) is 2.97. The Hall–Kier alpha value is -4.68. The van der Waals surface area contributed by atoms with Crippen molar-refractivity contribution in [3.05, 3.63) is 65.2 Å². The molecule has 0 radical (unpaired) electrons. The number of urea groups is 1. The third-order valence-corrected chi connectivity index (χ3v) is 7.07. The Morgan fingerprint density at radius 3 is 2.33 bits per heavy atom. The van der Waals surface area contributed by atoms with Crippen LogP contribution in [-0.2, 0) is 14.9 Å². The number of amides is 4. The summed E-state index contributed by atoms with van der Waals surface area (Å²) in [5.41, 5.74) is 14.1. The van der Waals surface area contributed by atoms with Gasteiger partial charge in [0, 0.05) is 30.6 Å². The van der Waals surface area contributed by atoms with Gasteiger partial charge in [0.2, 0.25) is 0 Å². The van der Waals surface area contributed by atoms with Gasteiger partial charge < -0.3 is 31.0 Å². The van der Waals surface area contributed by atoms with Crippen LogP contribution in [0.4, 0.5) is 10.5 Å².